The molecule has 0 aromatic heterocycles. The highest BCUT2D eigenvalue weighted by atomic mass is 19.1. The summed E-state index contributed by atoms with van der Waals surface area (Å²) < 4.78 is 14.5. The van der Waals surface area contributed by atoms with Gasteiger partial charge in [0.25, 0.3) is 5.91 Å². The van der Waals surface area contributed by atoms with Gasteiger partial charge in [0.05, 0.1) is 6.04 Å². The lowest BCUT2D eigenvalue weighted by Gasteiger charge is -2.26. The first-order valence-electron chi connectivity index (χ1n) is 9.38. The average Bonchev–Trinajstić information content (AvgIpc) is 2.72. The van der Waals surface area contributed by atoms with Crippen molar-refractivity contribution in [1.29, 1.82) is 0 Å². The number of hydrogen-bond donors (Lipinski definition) is 1. The molecule has 2 aromatic carbocycles. The number of carbonyl (C=O) groups is 2. The smallest absolute Gasteiger partial charge is 0.291 e. The van der Waals surface area contributed by atoms with Crippen LogP contribution >= 0.6 is 0 Å². The number of carbonyl (C=O) groups excluding carboxylic acids is 2. The molecule has 1 aliphatic heterocycles. The Balaban J connectivity index is 1.65. The van der Waals surface area contributed by atoms with E-state index >= 15 is 0 Å². The van der Waals surface area contributed by atoms with Crippen LogP contribution in [0.25, 0.3) is 11.1 Å². The Labute approximate surface area is 162 Å². The Morgan fingerprint density at radius 1 is 1.14 bits per heavy atom. The van der Waals surface area contributed by atoms with Crippen LogP contribution in [0.5, 0.6) is 0 Å². The lowest BCUT2D eigenvalue weighted by Crippen LogP contribution is -2.23. The Morgan fingerprint density at radius 3 is 2.79 bits per heavy atom. The Morgan fingerprint density at radius 2 is 1.96 bits per heavy atom. The van der Waals surface area contributed by atoms with E-state index in [9.17, 15) is 14.0 Å². The molecule has 1 atom stereocenters. The summed E-state index contributed by atoms with van der Waals surface area (Å²) in [5, 5.41) is 8.04. The predicted octanol–water partition coefficient (Wildman–Crippen LogP) is 4.37. The third-order valence-corrected chi connectivity index (χ3v) is 5.38. The lowest BCUT2D eigenvalue weighted by atomic mass is 9.84. The van der Waals surface area contributed by atoms with Crippen molar-refractivity contribution >= 4 is 11.8 Å². The fourth-order valence-corrected chi connectivity index (χ4v) is 3.94. The SMILES string of the molecule is NC(=O)c1cccc(-c2cc(CC3N=NC(=O)C4=C3CCCC4)ccc2F)c1. The molecule has 1 unspecified atom stereocenters. The maximum atomic E-state index is 14.5. The molecule has 2 N–H and O–H groups in total. The molecule has 2 amide bonds. The summed E-state index contributed by atoms with van der Waals surface area (Å²) in [6.07, 6.45) is 4.23. The van der Waals surface area contributed by atoms with Crippen molar-refractivity contribution in [2.75, 3.05) is 0 Å². The van der Waals surface area contributed by atoms with Crippen LogP contribution in [0.3, 0.4) is 0 Å². The Kier molecular flexibility index (Phi) is 4.86. The quantitative estimate of drug-likeness (QED) is 0.858. The van der Waals surface area contributed by atoms with Crippen LogP contribution in [-0.2, 0) is 11.2 Å². The molecule has 4 rings (SSSR count). The van der Waals surface area contributed by atoms with Crippen molar-refractivity contribution in [3.63, 3.8) is 0 Å². The van der Waals surface area contributed by atoms with Gasteiger partial charge in [0.1, 0.15) is 5.82 Å². The van der Waals surface area contributed by atoms with Crippen LogP contribution < -0.4 is 5.73 Å². The normalized spacial score (nSPS) is 18.9. The van der Waals surface area contributed by atoms with E-state index in [1.807, 2.05) is 0 Å². The molecule has 6 heteroatoms. The number of halogens is 1. The fraction of sp³-hybridized carbons (Fsp3) is 0.273. The van der Waals surface area contributed by atoms with Gasteiger partial charge in [-0.15, -0.1) is 5.11 Å². The first kappa shape index (κ1) is 18.2. The maximum absolute atomic E-state index is 14.5. The van der Waals surface area contributed by atoms with Crippen molar-refractivity contribution in [1.82, 2.24) is 0 Å². The Hall–Kier alpha value is -3.15. The van der Waals surface area contributed by atoms with Crippen molar-refractivity contribution < 1.29 is 14.0 Å². The second-order valence-corrected chi connectivity index (χ2v) is 7.21. The van der Waals surface area contributed by atoms with Crippen LogP contribution in [0.15, 0.2) is 63.8 Å². The molecule has 28 heavy (non-hydrogen) atoms. The van der Waals surface area contributed by atoms with Crippen molar-refractivity contribution in [3.8, 4) is 11.1 Å². The first-order valence-corrected chi connectivity index (χ1v) is 9.38. The van der Waals surface area contributed by atoms with E-state index < -0.39 is 5.91 Å². The molecule has 2 aliphatic rings. The minimum Gasteiger partial charge on any atom is -0.366 e. The van der Waals surface area contributed by atoms with Crippen LogP contribution in [0.4, 0.5) is 4.39 Å². The molecule has 1 heterocycles. The van der Waals surface area contributed by atoms with Crippen molar-refractivity contribution in [2.24, 2.45) is 16.0 Å². The number of azo groups is 1. The van der Waals surface area contributed by atoms with Gasteiger partial charge in [0.15, 0.2) is 0 Å². The number of benzene rings is 2. The number of primary amides is 1. The van der Waals surface area contributed by atoms with Crippen LogP contribution in [0, 0.1) is 5.82 Å². The summed E-state index contributed by atoms with van der Waals surface area (Å²) in [5.41, 5.74) is 9.45. The third-order valence-electron chi connectivity index (χ3n) is 5.38. The van der Waals surface area contributed by atoms with Crippen LogP contribution in [0.2, 0.25) is 0 Å². The zero-order valence-corrected chi connectivity index (χ0v) is 15.3. The fourth-order valence-electron chi connectivity index (χ4n) is 3.94. The molecular weight excluding hydrogens is 357 g/mol. The zero-order valence-electron chi connectivity index (χ0n) is 15.3. The van der Waals surface area contributed by atoms with Gasteiger partial charge in [0, 0.05) is 23.1 Å². The largest absolute Gasteiger partial charge is 0.366 e. The Bertz CT molecular complexity index is 1030. The molecule has 1 aliphatic carbocycles. The number of nitrogens with two attached hydrogens (primary N) is 1. The van der Waals surface area contributed by atoms with Gasteiger partial charge < -0.3 is 5.73 Å². The van der Waals surface area contributed by atoms with Crippen LogP contribution in [-0.4, -0.2) is 17.9 Å². The molecule has 142 valence electrons. The minimum absolute atomic E-state index is 0.178. The van der Waals surface area contributed by atoms with Crippen molar-refractivity contribution in [3.05, 3.63) is 70.6 Å². The highest BCUT2D eigenvalue weighted by molar-refractivity contribution is 5.95. The maximum Gasteiger partial charge on any atom is 0.291 e. The van der Waals surface area contributed by atoms with Gasteiger partial charge in [-0.3, -0.25) is 9.59 Å². The summed E-state index contributed by atoms with van der Waals surface area (Å²) in [6.45, 7) is 0. The van der Waals surface area contributed by atoms with Gasteiger partial charge in [-0.25, -0.2) is 4.39 Å². The third kappa shape index (κ3) is 3.50. The second-order valence-electron chi connectivity index (χ2n) is 7.21. The van der Waals surface area contributed by atoms with Crippen molar-refractivity contribution in [2.45, 2.75) is 38.1 Å². The highest BCUT2D eigenvalue weighted by Gasteiger charge is 2.29. The van der Waals surface area contributed by atoms with E-state index in [4.69, 9.17) is 5.73 Å². The topological polar surface area (TPSA) is 84.9 Å². The molecule has 0 fully saturated rings. The van der Waals surface area contributed by atoms with E-state index in [0.29, 0.717) is 23.1 Å². The minimum atomic E-state index is -0.553. The van der Waals surface area contributed by atoms with Gasteiger partial charge in [-0.05, 0) is 66.6 Å². The molecule has 0 saturated carbocycles. The summed E-state index contributed by atoms with van der Waals surface area (Å²) in [6, 6.07) is 11.4. The zero-order chi connectivity index (χ0) is 19.7. The average molecular weight is 377 g/mol. The number of rotatable bonds is 4. The summed E-state index contributed by atoms with van der Waals surface area (Å²) >= 11 is 0. The molecule has 2 aromatic rings. The van der Waals surface area contributed by atoms with E-state index in [0.717, 1.165) is 42.4 Å². The van der Waals surface area contributed by atoms with Crippen LogP contribution in [0.1, 0.15) is 41.6 Å². The van der Waals surface area contributed by atoms with Gasteiger partial charge in [0.2, 0.25) is 5.91 Å². The lowest BCUT2D eigenvalue weighted by molar-refractivity contribution is -0.115. The van der Waals surface area contributed by atoms with E-state index in [1.54, 1.807) is 36.4 Å². The van der Waals surface area contributed by atoms with E-state index in [-0.39, 0.29) is 17.8 Å². The second kappa shape index (κ2) is 7.46. The standard InChI is InChI=1S/C22H20FN3O2/c23-19-9-8-13(10-18(19)14-4-3-5-15(12-14)21(24)27)11-20-16-6-1-2-7-17(16)22(28)26-25-20/h3-5,8-10,12,20H,1-2,6-7,11H2,(H2,24,27). The molecule has 0 saturated heterocycles. The number of amides is 2. The molecule has 0 radical (unpaired) electrons. The van der Waals surface area contributed by atoms with Gasteiger partial charge >= 0.3 is 0 Å². The van der Waals surface area contributed by atoms with E-state index in [2.05, 4.69) is 10.2 Å². The monoisotopic (exact) mass is 377 g/mol. The number of hydrogen-bond acceptors (Lipinski definition) is 3. The summed E-state index contributed by atoms with van der Waals surface area (Å²) in [4.78, 5) is 23.4. The molecule has 5 nitrogen and oxygen atoms in total. The summed E-state index contributed by atoms with van der Waals surface area (Å²) in [7, 11) is 0. The predicted molar refractivity (Wildman–Crippen MR) is 103 cm³/mol. The molecule has 0 bridgehead atoms. The molecular formula is C22H20FN3O2. The van der Waals surface area contributed by atoms with Gasteiger partial charge in [-0.2, -0.15) is 5.11 Å². The summed E-state index contributed by atoms with van der Waals surface area (Å²) in [5.74, 6) is -1.14. The van der Waals surface area contributed by atoms with Gasteiger partial charge in [-0.1, -0.05) is 18.2 Å². The highest BCUT2D eigenvalue weighted by Crippen LogP contribution is 2.34. The molecule has 0 spiro atoms. The first-order chi connectivity index (χ1) is 13.5. The number of nitrogens with zero attached hydrogens (tertiary/aromatic N) is 2. The van der Waals surface area contributed by atoms with E-state index in [1.165, 1.54) is 6.07 Å².